The molecular weight excluding hydrogens is 333 g/mol. The highest BCUT2D eigenvalue weighted by Gasteiger charge is 2.48. The van der Waals surface area contributed by atoms with E-state index in [9.17, 15) is 14.2 Å². The van der Waals surface area contributed by atoms with Crippen molar-refractivity contribution in [3.63, 3.8) is 0 Å². The summed E-state index contributed by atoms with van der Waals surface area (Å²) in [6.07, 6.45) is 5.03. The zero-order chi connectivity index (χ0) is 17.7. The summed E-state index contributed by atoms with van der Waals surface area (Å²) in [6.45, 7) is 3.68. The van der Waals surface area contributed by atoms with Gasteiger partial charge in [0.05, 0.1) is 32.4 Å². The van der Waals surface area contributed by atoms with Crippen LogP contribution in [-0.2, 0) is 27.9 Å². The summed E-state index contributed by atoms with van der Waals surface area (Å²) in [5, 5.41) is -0.149. The molecular formula is C16H26NO6P. The number of nitrogens with zero attached hydrogens (tertiary/aromatic N) is 1. The molecule has 1 amide bonds. The van der Waals surface area contributed by atoms with Crippen LogP contribution in [0.25, 0.3) is 0 Å². The number of rotatable bonds is 7. The van der Waals surface area contributed by atoms with E-state index in [2.05, 4.69) is 0 Å². The smallest absolute Gasteiger partial charge is 0.367 e. The first-order valence-electron chi connectivity index (χ1n) is 8.50. The van der Waals surface area contributed by atoms with E-state index in [1.165, 1.54) is 7.11 Å². The standard InChI is InChI=1S/C16H26NO6P/c1-4-22-24(20,23-5-2)14-13(16(19)21-3)11-17(15(14)18)12-9-7-6-8-10-12/h12H,4-11H2,1-3H3. The third-order valence-corrected chi connectivity index (χ3v) is 6.60. The Morgan fingerprint density at radius 3 is 2.25 bits per heavy atom. The number of ether oxygens (including phenoxy) is 1. The fourth-order valence-corrected chi connectivity index (χ4v) is 5.21. The van der Waals surface area contributed by atoms with Gasteiger partial charge in [-0.05, 0) is 26.7 Å². The molecule has 0 bridgehead atoms. The van der Waals surface area contributed by atoms with Crippen molar-refractivity contribution in [2.75, 3.05) is 26.9 Å². The molecule has 0 aromatic heterocycles. The van der Waals surface area contributed by atoms with Gasteiger partial charge < -0.3 is 18.7 Å². The highest BCUT2D eigenvalue weighted by molar-refractivity contribution is 7.60. The minimum Gasteiger partial charge on any atom is -0.466 e. The Balaban J connectivity index is 2.39. The van der Waals surface area contributed by atoms with Crippen molar-refractivity contribution >= 4 is 19.5 Å². The number of hydrogen-bond donors (Lipinski definition) is 0. The molecule has 1 heterocycles. The lowest BCUT2D eigenvalue weighted by molar-refractivity contribution is -0.136. The fourth-order valence-electron chi connectivity index (χ4n) is 3.34. The molecule has 0 radical (unpaired) electrons. The number of methoxy groups -OCH3 is 1. The predicted molar refractivity (Wildman–Crippen MR) is 88.5 cm³/mol. The maximum Gasteiger partial charge on any atom is 0.367 e. The van der Waals surface area contributed by atoms with Gasteiger partial charge in [0.15, 0.2) is 0 Å². The summed E-state index contributed by atoms with van der Waals surface area (Å²) in [4.78, 5) is 26.8. The highest BCUT2D eigenvalue weighted by atomic mass is 31.2. The molecule has 0 atom stereocenters. The molecule has 1 fully saturated rings. The number of carbonyl (C=O) groups excluding carboxylic acids is 2. The normalized spacial score (nSPS) is 20.0. The Morgan fingerprint density at radius 2 is 1.75 bits per heavy atom. The molecule has 0 aromatic rings. The molecule has 0 unspecified atom stereocenters. The first-order valence-corrected chi connectivity index (χ1v) is 10.0. The van der Waals surface area contributed by atoms with Gasteiger partial charge in [0.1, 0.15) is 5.31 Å². The summed E-state index contributed by atoms with van der Waals surface area (Å²) >= 11 is 0. The molecule has 136 valence electrons. The van der Waals surface area contributed by atoms with E-state index in [0.717, 1.165) is 32.1 Å². The molecule has 0 N–H and O–H groups in total. The van der Waals surface area contributed by atoms with E-state index in [1.807, 2.05) is 0 Å². The second-order valence-corrected chi connectivity index (χ2v) is 7.84. The van der Waals surface area contributed by atoms with Crippen LogP contribution < -0.4 is 0 Å². The quantitative estimate of drug-likeness (QED) is 0.513. The number of esters is 1. The van der Waals surface area contributed by atoms with Crippen molar-refractivity contribution in [1.82, 2.24) is 4.90 Å². The van der Waals surface area contributed by atoms with Gasteiger partial charge in [-0.15, -0.1) is 0 Å². The fraction of sp³-hybridized carbons (Fsp3) is 0.750. The van der Waals surface area contributed by atoms with Gasteiger partial charge in [0.25, 0.3) is 5.91 Å². The monoisotopic (exact) mass is 359 g/mol. The second kappa shape index (κ2) is 8.28. The van der Waals surface area contributed by atoms with Gasteiger partial charge in [0, 0.05) is 6.04 Å². The van der Waals surface area contributed by atoms with Crippen molar-refractivity contribution in [3.8, 4) is 0 Å². The molecule has 2 aliphatic rings. The van der Waals surface area contributed by atoms with E-state index in [0.29, 0.717) is 0 Å². The van der Waals surface area contributed by atoms with Crippen LogP contribution in [-0.4, -0.2) is 49.7 Å². The van der Waals surface area contributed by atoms with E-state index in [4.69, 9.17) is 13.8 Å². The molecule has 2 rings (SSSR count). The van der Waals surface area contributed by atoms with Gasteiger partial charge in [0.2, 0.25) is 0 Å². The third-order valence-electron chi connectivity index (χ3n) is 4.40. The first-order chi connectivity index (χ1) is 11.5. The van der Waals surface area contributed by atoms with Crippen LogP contribution in [0.5, 0.6) is 0 Å². The molecule has 8 heteroatoms. The van der Waals surface area contributed by atoms with Gasteiger partial charge in [-0.3, -0.25) is 9.36 Å². The summed E-state index contributed by atoms with van der Waals surface area (Å²) in [5.74, 6) is -1.08. The maximum absolute atomic E-state index is 13.1. The second-order valence-electron chi connectivity index (χ2n) is 5.88. The maximum atomic E-state index is 13.1. The van der Waals surface area contributed by atoms with Crippen LogP contribution in [0.1, 0.15) is 46.0 Å². The van der Waals surface area contributed by atoms with Crippen LogP contribution in [0.4, 0.5) is 0 Å². The molecule has 1 saturated carbocycles. The Labute approximate surface area is 142 Å². The molecule has 1 aliphatic carbocycles. The van der Waals surface area contributed by atoms with E-state index in [1.54, 1.807) is 18.7 Å². The average Bonchev–Trinajstić information content (AvgIpc) is 2.93. The van der Waals surface area contributed by atoms with Crippen LogP contribution in [0.2, 0.25) is 0 Å². The van der Waals surface area contributed by atoms with E-state index >= 15 is 0 Å². The Kier molecular flexibility index (Phi) is 6.61. The van der Waals surface area contributed by atoms with E-state index < -0.39 is 19.5 Å². The van der Waals surface area contributed by atoms with Crippen LogP contribution in [0, 0.1) is 0 Å². The van der Waals surface area contributed by atoms with Crippen LogP contribution >= 0.6 is 7.60 Å². The average molecular weight is 359 g/mol. The van der Waals surface area contributed by atoms with Crippen LogP contribution in [0.15, 0.2) is 10.9 Å². The van der Waals surface area contributed by atoms with Gasteiger partial charge in [-0.1, -0.05) is 19.3 Å². The third kappa shape index (κ3) is 3.73. The zero-order valence-corrected chi connectivity index (χ0v) is 15.5. The molecule has 0 aromatic carbocycles. The molecule has 0 saturated heterocycles. The SMILES string of the molecule is CCOP(=O)(OCC)C1=C(C(=O)OC)CN(C2CCCCC2)C1=O. The summed E-state index contributed by atoms with van der Waals surface area (Å²) < 4.78 is 28.5. The first kappa shape index (κ1) is 19.2. The van der Waals surface area contributed by atoms with Gasteiger partial charge in [-0.25, -0.2) is 4.79 Å². The molecule has 24 heavy (non-hydrogen) atoms. The van der Waals surface area contributed by atoms with Crippen molar-refractivity contribution < 1.29 is 27.9 Å². The van der Waals surface area contributed by atoms with Crippen molar-refractivity contribution in [1.29, 1.82) is 0 Å². The number of carbonyl (C=O) groups is 2. The Hall–Kier alpha value is -1.17. The van der Waals surface area contributed by atoms with Crippen molar-refractivity contribution in [2.45, 2.75) is 52.0 Å². The summed E-state index contributed by atoms with van der Waals surface area (Å²) in [7, 11) is -2.60. The summed E-state index contributed by atoms with van der Waals surface area (Å²) in [6, 6.07) is 0.0557. The minimum atomic E-state index is -3.85. The molecule has 1 aliphatic heterocycles. The minimum absolute atomic E-state index is 0.0557. The van der Waals surface area contributed by atoms with E-state index in [-0.39, 0.29) is 36.7 Å². The highest BCUT2D eigenvalue weighted by Crippen LogP contribution is 2.59. The van der Waals surface area contributed by atoms with Crippen LogP contribution in [0.3, 0.4) is 0 Å². The Bertz CT molecular complexity index is 557. The lowest BCUT2D eigenvalue weighted by atomic mass is 9.94. The van der Waals surface area contributed by atoms with Gasteiger partial charge in [-0.2, -0.15) is 0 Å². The number of hydrogen-bond acceptors (Lipinski definition) is 6. The Morgan fingerprint density at radius 1 is 1.17 bits per heavy atom. The molecule has 0 spiro atoms. The molecule has 7 nitrogen and oxygen atoms in total. The summed E-state index contributed by atoms with van der Waals surface area (Å²) in [5.41, 5.74) is 0.0957. The lowest BCUT2D eigenvalue weighted by Crippen LogP contribution is -2.39. The van der Waals surface area contributed by atoms with Gasteiger partial charge >= 0.3 is 13.6 Å². The largest absolute Gasteiger partial charge is 0.466 e. The zero-order valence-electron chi connectivity index (χ0n) is 14.6. The lowest BCUT2D eigenvalue weighted by Gasteiger charge is -2.31. The predicted octanol–water partition coefficient (Wildman–Crippen LogP) is 2.85. The van der Waals surface area contributed by atoms with Crippen molar-refractivity contribution in [2.24, 2.45) is 0 Å². The topological polar surface area (TPSA) is 82.1 Å². The number of amides is 1. The van der Waals surface area contributed by atoms with Crippen molar-refractivity contribution in [3.05, 3.63) is 10.9 Å².